The minimum Gasteiger partial charge on any atom is -0.469 e. The molecule has 1 aromatic heterocycles. The number of aryl methyl sites for hydroxylation is 2. The Kier molecular flexibility index (Phi) is 4.03. The molecular weight excluding hydrogens is 184 g/mol. The van der Waals surface area contributed by atoms with Crippen molar-refractivity contribution in [3.63, 3.8) is 0 Å². The number of carbonyl (C=O) groups is 1. The summed E-state index contributed by atoms with van der Waals surface area (Å²) in [6.45, 7) is 0. The summed E-state index contributed by atoms with van der Waals surface area (Å²) < 4.78 is 6.16. The molecule has 0 spiro atoms. The molecule has 0 bridgehead atoms. The summed E-state index contributed by atoms with van der Waals surface area (Å²) in [5.41, 5.74) is 0. The van der Waals surface area contributed by atoms with Crippen LogP contribution >= 0.6 is 0 Å². The summed E-state index contributed by atoms with van der Waals surface area (Å²) in [6.07, 6.45) is 2.95. The van der Waals surface area contributed by atoms with Gasteiger partial charge in [-0.05, 0) is 23.3 Å². The lowest BCUT2D eigenvalue weighted by atomic mass is 10.2. The highest BCUT2D eigenvalue weighted by Gasteiger charge is 2.03. The summed E-state index contributed by atoms with van der Waals surface area (Å²) in [5.74, 6) is 0.677. The Morgan fingerprint density at radius 1 is 1.50 bits per heavy atom. The number of ether oxygens (including phenoxy) is 1. The monoisotopic (exact) mass is 198 g/mol. The highest BCUT2D eigenvalue weighted by Crippen LogP contribution is 2.02. The van der Waals surface area contributed by atoms with E-state index < -0.39 is 0 Å². The normalized spacial score (nSPS) is 10.1. The summed E-state index contributed by atoms with van der Waals surface area (Å²) in [7, 11) is 3.20. The average molecular weight is 198 g/mol. The van der Waals surface area contributed by atoms with Crippen molar-refractivity contribution in [3.8, 4) is 0 Å². The number of hydrogen-bond donors (Lipinski definition) is 0. The zero-order valence-electron chi connectivity index (χ0n) is 8.43. The molecule has 14 heavy (non-hydrogen) atoms. The lowest BCUT2D eigenvalue weighted by Crippen LogP contribution is -2.02. The lowest BCUT2D eigenvalue weighted by Gasteiger charge is -1.99. The van der Waals surface area contributed by atoms with Gasteiger partial charge in [-0.1, -0.05) is 0 Å². The quantitative estimate of drug-likeness (QED) is 0.495. The molecule has 0 radical (unpaired) electrons. The molecule has 6 nitrogen and oxygen atoms in total. The number of nitrogens with zero attached hydrogens (tertiary/aromatic N) is 4. The van der Waals surface area contributed by atoms with Gasteiger partial charge in [-0.15, -0.1) is 5.10 Å². The largest absolute Gasteiger partial charge is 0.469 e. The zero-order chi connectivity index (χ0) is 10.4. The second-order valence-electron chi connectivity index (χ2n) is 3.00. The van der Waals surface area contributed by atoms with Crippen LogP contribution in [0.15, 0.2) is 0 Å². The maximum absolute atomic E-state index is 10.8. The Bertz CT molecular complexity index is 297. The number of carbonyl (C=O) groups excluding carboxylic acids is 1. The van der Waals surface area contributed by atoms with Crippen molar-refractivity contribution in [1.29, 1.82) is 0 Å². The summed E-state index contributed by atoms with van der Waals surface area (Å²) in [5, 5.41) is 11.1. The van der Waals surface area contributed by atoms with Gasteiger partial charge in [0.15, 0.2) is 5.82 Å². The Balaban J connectivity index is 2.16. The van der Waals surface area contributed by atoms with Crippen molar-refractivity contribution in [2.75, 3.05) is 7.11 Å². The fourth-order valence-electron chi connectivity index (χ4n) is 1.11. The Morgan fingerprint density at radius 2 is 2.29 bits per heavy atom. The van der Waals surface area contributed by atoms with Gasteiger partial charge in [-0.3, -0.25) is 4.79 Å². The smallest absolute Gasteiger partial charge is 0.305 e. The SMILES string of the molecule is COC(=O)CCCCc1nnnn1C. The second kappa shape index (κ2) is 5.31. The minimum absolute atomic E-state index is 0.166. The molecule has 0 atom stereocenters. The number of unbranched alkanes of at least 4 members (excludes halogenated alkanes) is 1. The highest BCUT2D eigenvalue weighted by atomic mass is 16.5. The Labute approximate surface area is 82.2 Å². The molecule has 0 amide bonds. The van der Waals surface area contributed by atoms with Crippen LogP contribution in [0.4, 0.5) is 0 Å². The van der Waals surface area contributed by atoms with E-state index in [4.69, 9.17) is 0 Å². The van der Waals surface area contributed by atoms with Crippen LogP contribution < -0.4 is 0 Å². The molecule has 0 aliphatic heterocycles. The molecule has 78 valence electrons. The molecule has 0 aliphatic carbocycles. The molecule has 1 heterocycles. The number of aromatic nitrogens is 4. The van der Waals surface area contributed by atoms with Gasteiger partial charge in [0.25, 0.3) is 0 Å². The zero-order valence-corrected chi connectivity index (χ0v) is 8.43. The van der Waals surface area contributed by atoms with E-state index in [2.05, 4.69) is 20.3 Å². The van der Waals surface area contributed by atoms with E-state index in [0.29, 0.717) is 6.42 Å². The molecule has 0 saturated carbocycles. The molecule has 0 unspecified atom stereocenters. The van der Waals surface area contributed by atoms with E-state index in [1.54, 1.807) is 11.7 Å². The first-order chi connectivity index (χ1) is 6.74. The van der Waals surface area contributed by atoms with Gasteiger partial charge >= 0.3 is 5.97 Å². The van der Waals surface area contributed by atoms with Crippen LogP contribution in [0.1, 0.15) is 25.1 Å². The van der Waals surface area contributed by atoms with Gasteiger partial charge in [0.05, 0.1) is 7.11 Å². The Hall–Kier alpha value is -1.46. The van der Waals surface area contributed by atoms with Crippen LogP contribution in [0.3, 0.4) is 0 Å². The first-order valence-corrected chi connectivity index (χ1v) is 4.52. The lowest BCUT2D eigenvalue weighted by molar-refractivity contribution is -0.140. The van der Waals surface area contributed by atoms with E-state index in [1.165, 1.54) is 7.11 Å². The molecule has 0 aromatic carbocycles. The number of rotatable bonds is 5. The molecule has 1 aromatic rings. The van der Waals surface area contributed by atoms with Crippen LogP contribution in [0.2, 0.25) is 0 Å². The molecule has 0 fully saturated rings. The second-order valence-corrected chi connectivity index (χ2v) is 3.00. The van der Waals surface area contributed by atoms with E-state index in [-0.39, 0.29) is 5.97 Å². The summed E-state index contributed by atoms with van der Waals surface area (Å²) >= 11 is 0. The van der Waals surface area contributed by atoms with Crippen LogP contribution in [-0.2, 0) is 23.0 Å². The maximum atomic E-state index is 10.8. The molecule has 1 rings (SSSR count). The summed E-state index contributed by atoms with van der Waals surface area (Å²) in [4.78, 5) is 10.8. The van der Waals surface area contributed by atoms with Crippen LogP contribution in [0.25, 0.3) is 0 Å². The van der Waals surface area contributed by atoms with Crippen molar-refractivity contribution in [3.05, 3.63) is 5.82 Å². The summed E-state index contributed by atoms with van der Waals surface area (Å²) in [6, 6.07) is 0. The third-order valence-corrected chi connectivity index (χ3v) is 1.97. The van der Waals surface area contributed by atoms with E-state index in [1.807, 2.05) is 0 Å². The molecule has 0 saturated heterocycles. The average Bonchev–Trinajstić information content (AvgIpc) is 2.58. The van der Waals surface area contributed by atoms with Gasteiger partial charge in [0.2, 0.25) is 0 Å². The first-order valence-electron chi connectivity index (χ1n) is 4.52. The maximum Gasteiger partial charge on any atom is 0.305 e. The Morgan fingerprint density at radius 3 is 2.86 bits per heavy atom. The number of esters is 1. The number of methoxy groups -OCH3 is 1. The predicted octanol–water partition coefficient (Wildman–Crippen LogP) is 0.0959. The third kappa shape index (κ3) is 3.12. The van der Waals surface area contributed by atoms with Crippen LogP contribution in [0, 0.1) is 0 Å². The molecule has 0 N–H and O–H groups in total. The van der Waals surface area contributed by atoms with Gasteiger partial charge in [0, 0.05) is 19.9 Å². The van der Waals surface area contributed by atoms with Gasteiger partial charge in [0.1, 0.15) is 0 Å². The molecule has 6 heteroatoms. The molecule has 0 aliphatic rings. The highest BCUT2D eigenvalue weighted by molar-refractivity contribution is 5.68. The van der Waals surface area contributed by atoms with Crippen molar-refractivity contribution < 1.29 is 9.53 Å². The van der Waals surface area contributed by atoms with Crippen molar-refractivity contribution in [2.24, 2.45) is 7.05 Å². The van der Waals surface area contributed by atoms with Gasteiger partial charge in [-0.2, -0.15) is 0 Å². The van der Waals surface area contributed by atoms with E-state index >= 15 is 0 Å². The topological polar surface area (TPSA) is 69.9 Å². The van der Waals surface area contributed by atoms with Crippen LogP contribution in [0.5, 0.6) is 0 Å². The van der Waals surface area contributed by atoms with Crippen molar-refractivity contribution in [1.82, 2.24) is 20.2 Å². The standard InChI is InChI=1S/C8H14N4O2/c1-12-7(9-10-11-12)5-3-4-6-8(13)14-2/h3-6H2,1-2H3. The predicted molar refractivity (Wildman–Crippen MR) is 48.4 cm³/mol. The van der Waals surface area contributed by atoms with E-state index in [0.717, 1.165) is 25.1 Å². The molecular formula is C8H14N4O2. The van der Waals surface area contributed by atoms with Crippen molar-refractivity contribution in [2.45, 2.75) is 25.7 Å². The first kappa shape index (κ1) is 10.6. The van der Waals surface area contributed by atoms with Gasteiger partial charge < -0.3 is 4.74 Å². The third-order valence-electron chi connectivity index (χ3n) is 1.97. The number of hydrogen-bond acceptors (Lipinski definition) is 5. The fourth-order valence-corrected chi connectivity index (χ4v) is 1.11. The van der Waals surface area contributed by atoms with E-state index in [9.17, 15) is 4.79 Å². The number of tetrazole rings is 1. The van der Waals surface area contributed by atoms with Crippen LogP contribution in [-0.4, -0.2) is 33.3 Å². The van der Waals surface area contributed by atoms with Gasteiger partial charge in [-0.25, -0.2) is 4.68 Å². The fraction of sp³-hybridized carbons (Fsp3) is 0.750. The minimum atomic E-state index is -0.166. The van der Waals surface area contributed by atoms with Crippen molar-refractivity contribution >= 4 is 5.97 Å².